The standard InChI is InChI=1S/C24H27ClN6S/c25-22-6-2-4-19(14-22)17-30-9-11-31(12-10-30)23-8-7-21(16-27-23)20-5-1-3-18(13-20)15-28-29-24(26)32/h1-8,13-14,16,28H,9-12,15,17H2,(H3,26,29,32). The fraction of sp³-hybridized carbons (Fsp3) is 0.250. The maximum absolute atomic E-state index is 6.11. The molecule has 4 rings (SSSR count). The number of halogens is 1. The van der Waals surface area contributed by atoms with Crippen molar-refractivity contribution in [2.75, 3.05) is 31.1 Å². The molecule has 8 heteroatoms. The number of piperazine rings is 1. The molecule has 1 aliphatic rings. The van der Waals surface area contributed by atoms with E-state index in [2.05, 4.69) is 57.0 Å². The number of nitrogens with two attached hydrogens (primary N) is 1. The van der Waals surface area contributed by atoms with Gasteiger partial charge in [-0.25, -0.2) is 10.4 Å². The molecule has 0 amide bonds. The largest absolute Gasteiger partial charge is 0.375 e. The lowest BCUT2D eigenvalue weighted by Gasteiger charge is -2.35. The van der Waals surface area contributed by atoms with Gasteiger partial charge in [0.2, 0.25) is 0 Å². The molecule has 1 fully saturated rings. The number of thiocarbonyl (C=S) groups is 1. The van der Waals surface area contributed by atoms with Crippen molar-refractivity contribution in [1.29, 1.82) is 0 Å². The van der Waals surface area contributed by atoms with Gasteiger partial charge in [-0.15, -0.1) is 0 Å². The van der Waals surface area contributed by atoms with Gasteiger partial charge in [0.15, 0.2) is 5.11 Å². The molecule has 2 aromatic carbocycles. The smallest absolute Gasteiger partial charge is 0.178 e. The zero-order chi connectivity index (χ0) is 22.3. The first-order valence-electron chi connectivity index (χ1n) is 10.6. The second-order valence-electron chi connectivity index (χ2n) is 7.84. The van der Waals surface area contributed by atoms with Gasteiger partial charge in [-0.1, -0.05) is 41.9 Å². The van der Waals surface area contributed by atoms with Crippen LogP contribution in [0.2, 0.25) is 5.02 Å². The minimum Gasteiger partial charge on any atom is -0.375 e. The topological polar surface area (TPSA) is 69.5 Å². The minimum absolute atomic E-state index is 0.228. The van der Waals surface area contributed by atoms with E-state index in [1.165, 1.54) is 5.56 Å². The average molecular weight is 467 g/mol. The number of hydrogen-bond donors (Lipinski definition) is 3. The number of nitrogens with zero attached hydrogens (tertiary/aromatic N) is 3. The summed E-state index contributed by atoms with van der Waals surface area (Å²) < 4.78 is 0. The van der Waals surface area contributed by atoms with Crippen LogP contribution in [0.4, 0.5) is 5.82 Å². The summed E-state index contributed by atoms with van der Waals surface area (Å²) in [5, 5.41) is 1.02. The van der Waals surface area contributed by atoms with Crippen LogP contribution in [0.5, 0.6) is 0 Å². The SMILES string of the molecule is NC(=S)NNCc1cccc(-c2ccc(N3CCN(Cc4cccc(Cl)c4)CC3)nc2)c1. The predicted molar refractivity (Wildman–Crippen MR) is 135 cm³/mol. The molecule has 0 atom stereocenters. The van der Waals surface area contributed by atoms with Gasteiger partial charge in [0.25, 0.3) is 0 Å². The number of anilines is 1. The highest BCUT2D eigenvalue weighted by Crippen LogP contribution is 2.23. The van der Waals surface area contributed by atoms with Gasteiger partial charge in [-0.3, -0.25) is 10.3 Å². The third-order valence-electron chi connectivity index (χ3n) is 5.50. The van der Waals surface area contributed by atoms with Crippen molar-refractivity contribution in [2.24, 2.45) is 5.73 Å². The van der Waals surface area contributed by atoms with Crippen molar-refractivity contribution in [1.82, 2.24) is 20.7 Å². The highest BCUT2D eigenvalue weighted by Gasteiger charge is 2.18. The number of hydrogen-bond acceptors (Lipinski definition) is 5. The molecule has 0 spiro atoms. The molecule has 0 saturated carbocycles. The van der Waals surface area contributed by atoms with E-state index in [1.807, 2.05) is 30.5 Å². The molecule has 4 N–H and O–H groups in total. The minimum atomic E-state index is 0.228. The summed E-state index contributed by atoms with van der Waals surface area (Å²) >= 11 is 10.9. The summed E-state index contributed by atoms with van der Waals surface area (Å²) in [6.45, 7) is 5.49. The number of aromatic nitrogens is 1. The highest BCUT2D eigenvalue weighted by molar-refractivity contribution is 7.80. The third kappa shape index (κ3) is 6.17. The quantitative estimate of drug-likeness (QED) is 0.363. The third-order valence-corrected chi connectivity index (χ3v) is 5.84. The molecule has 1 aliphatic heterocycles. The molecule has 32 heavy (non-hydrogen) atoms. The molecule has 2 heterocycles. The van der Waals surface area contributed by atoms with Gasteiger partial charge >= 0.3 is 0 Å². The van der Waals surface area contributed by atoms with Crippen molar-refractivity contribution >= 4 is 34.7 Å². The molecular formula is C24H27ClN6S. The van der Waals surface area contributed by atoms with E-state index >= 15 is 0 Å². The summed E-state index contributed by atoms with van der Waals surface area (Å²) in [6.07, 6.45) is 1.95. The second kappa shape index (κ2) is 10.7. The number of benzene rings is 2. The summed E-state index contributed by atoms with van der Waals surface area (Å²) in [7, 11) is 0. The molecule has 6 nitrogen and oxygen atoms in total. The number of nitrogens with one attached hydrogen (secondary N) is 2. The number of pyridine rings is 1. The molecular weight excluding hydrogens is 440 g/mol. The number of hydrazine groups is 1. The van der Waals surface area contributed by atoms with E-state index < -0.39 is 0 Å². The lowest BCUT2D eigenvalue weighted by Crippen LogP contribution is -2.46. The summed E-state index contributed by atoms with van der Waals surface area (Å²) in [4.78, 5) is 9.55. The van der Waals surface area contributed by atoms with Crippen LogP contribution >= 0.6 is 23.8 Å². The zero-order valence-electron chi connectivity index (χ0n) is 17.8. The zero-order valence-corrected chi connectivity index (χ0v) is 19.4. The molecule has 1 saturated heterocycles. The molecule has 0 aliphatic carbocycles. The Morgan fingerprint density at radius 1 is 0.969 bits per heavy atom. The first kappa shape index (κ1) is 22.5. The van der Waals surface area contributed by atoms with Crippen LogP contribution in [0.3, 0.4) is 0 Å². The van der Waals surface area contributed by atoms with Gasteiger partial charge in [0.05, 0.1) is 0 Å². The van der Waals surface area contributed by atoms with Crippen LogP contribution in [0.1, 0.15) is 11.1 Å². The monoisotopic (exact) mass is 466 g/mol. The van der Waals surface area contributed by atoms with E-state index in [-0.39, 0.29) is 5.11 Å². The molecule has 0 bridgehead atoms. The molecule has 0 unspecified atom stereocenters. The molecule has 3 aromatic rings. The normalized spacial score (nSPS) is 14.3. The summed E-state index contributed by atoms with van der Waals surface area (Å²) in [6, 6.07) is 20.7. The maximum atomic E-state index is 6.11. The predicted octanol–water partition coefficient (Wildman–Crippen LogP) is 3.56. The maximum Gasteiger partial charge on any atom is 0.178 e. The molecule has 0 radical (unpaired) electrons. The van der Waals surface area contributed by atoms with Crippen LogP contribution < -0.4 is 21.5 Å². The van der Waals surface area contributed by atoms with Crippen LogP contribution in [0.25, 0.3) is 11.1 Å². The Morgan fingerprint density at radius 3 is 2.47 bits per heavy atom. The second-order valence-corrected chi connectivity index (χ2v) is 8.72. The Kier molecular flexibility index (Phi) is 7.55. The Labute approximate surface area is 199 Å². The first-order chi connectivity index (χ1) is 15.6. The highest BCUT2D eigenvalue weighted by atomic mass is 35.5. The number of rotatable bonds is 7. The lowest BCUT2D eigenvalue weighted by atomic mass is 10.0. The van der Waals surface area contributed by atoms with E-state index in [1.54, 1.807) is 0 Å². The van der Waals surface area contributed by atoms with Crippen molar-refractivity contribution in [3.05, 3.63) is 83.0 Å². The Morgan fingerprint density at radius 2 is 1.75 bits per heavy atom. The fourth-order valence-corrected chi connectivity index (χ4v) is 4.15. The van der Waals surface area contributed by atoms with Gasteiger partial charge in [0, 0.05) is 56.1 Å². The fourth-order valence-electron chi connectivity index (χ4n) is 3.87. The Bertz CT molecular complexity index is 1050. The van der Waals surface area contributed by atoms with Gasteiger partial charge in [-0.05, 0) is 59.2 Å². The van der Waals surface area contributed by atoms with Crippen molar-refractivity contribution in [3.63, 3.8) is 0 Å². The Hall–Kier alpha value is -2.71. The van der Waals surface area contributed by atoms with E-state index in [0.717, 1.165) is 60.3 Å². The van der Waals surface area contributed by atoms with Crippen LogP contribution in [-0.4, -0.2) is 41.2 Å². The first-order valence-corrected chi connectivity index (χ1v) is 11.4. The van der Waals surface area contributed by atoms with E-state index in [4.69, 9.17) is 34.5 Å². The molecule has 1 aromatic heterocycles. The van der Waals surface area contributed by atoms with E-state index in [9.17, 15) is 0 Å². The van der Waals surface area contributed by atoms with Gasteiger partial charge in [0.1, 0.15) is 5.82 Å². The van der Waals surface area contributed by atoms with Gasteiger partial charge in [-0.2, -0.15) is 0 Å². The lowest BCUT2D eigenvalue weighted by molar-refractivity contribution is 0.249. The summed E-state index contributed by atoms with van der Waals surface area (Å²) in [5.41, 5.74) is 15.8. The average Bonchev–Trinajstić information content (AvgIpc) is 2.80. The van der Waals surface area contributed by atoms with Crippen LogP contribution in [-0.2, 0) is 13.1 Å². The summed E-state index contributed by atoms with van der Waals surface area (Å²) in [5.74, 6) is 1.02. The Balaban J connectivity index is 1.33. The van der Waals surface area contributed by atoms with Crippen molar-refractivity contribution in [2.45, 2.75) is 13.1 Å². The van der Waals surface area contributed by atoms with Crippen LogP contribution in [0, 0.1) is 0 Å². The van der Waals surface area contributed by atoms with Gasteiger partial charge < -0.3 is 10.6 Å². The van der Waals surface area contributed by atoms with Crippen molar-refractivity contribution in [3.8, 4) is 11.1 Å². The van der Waals surface area contributed by atoms with Crippen LogP contribution in [0.15, 0.2) is 66.9 Å². The molecule has 166 valence electrons. The van der Waals surface area contributed by atoms with E-state index in [0.29, 0.717) is 6.54 Å². The van der Waals surface area contributed by atoms with Crippen molar-refractivity contribution < 1.29 is 0 Å².